The van der Waals surface area contributed by atoms with Crippen molar-refractivity contribution in [2.24, 2.45) is 5.92 Å². The molecule has 1 aromatic carbocycles. The fourth-order valence-corrected chi connectivity index (χ4v) is 1.88. The third-order valence-electron chi connectivity index (χ3n) is 3.05. The van der Waals surface area contributed by atoms with Gasteiger partial charge in [-0.3, -0.25) is 0 Å². The van der Waals surface area contributed by atoms with E-state index in [2.05, 4.69) is 10.6 Å². The first-order chi connectivity index (χ1) is 9.79. The third kappa shape index (κ3) is 5.83. The van der Waals surface area contributed by atoms with E-state index in [1.54, 1.807) is 12.1 Å². The van der Waals surface area contributed by atoms with E-state index in [1.807, 2.05) is 32.8 Å². The monoisotopic (exact) mass is 293 g/mol. The number of benzene rings is 1. The number of carbonyl (C=O) groups excluding carboxylic acids is 1. The highest BCUT2D eigenvalue weighted by Crippen LogP contribution is 2.11. The average Bonchev–Trinajstić information content (AvgIpc) is 2.37. The summed E-state index contributed by atoms with van der Waals surface area (Å²) in [6.45, 7) is 4.82. The molecule has 0 saturated carbocycles. The van der Waals surface area contributed by atoms with Gasteiger partial charge >= 0.3 is 12.0 Å². The molecule has 6 heteroatoms. The number of nitrogens with one attached hydrogen (secondary N) is 2. The summed E-state index contributed by atoms with van der Waals surface area (Å²) < 4.78 is 0. The minimum Gasteiger partial charge on any atom is -0.478 e. The Morgan fingerprint density at radius 1 is 1.29 bits per heavy atom. The first-order valence-corrected chi connectivity index (χ1v) is 6.85. The maximum atomic E-state index is 12.0. The van der Waals surface area contributed by atoms with Gasteiger partial charge in [0.15, 0.2) is 0 Å². The molecule has 0 saturated heterocycles. The zero-order valence-corrected chi connectivity index (χ0v) is 12.9. The summed E-state index contributed by atoms with van der Waals surface area (Å²) >= 11 is 0. The summed E-state index contributed by atoms with van der Waals surface area (Å²) in [6, 6.07) is 5.84. The molecule has 21 heavy (non-hydrogen) atoms. The largest absolute Gasteiger partial charge is 0.478 e. The highest BCUT2D eigenvalue weighted by Gasteiger charge is 2.17. The number of rotatable bonds is 6. The molecule has 0 heterocycles. The fraction of sp³-hybridized carbons (Fsp3) is 0.467. The van der Waals surface area contributed by atoms with Crippen LogP contribution in [-0.4, -0.2) is 48.7 Å². The van der Waals surface area contributed by atoms with Crippen LogP contribution in [0.5, 0.6) is 0 Å². The smallest absolute Gasteiger partial charge is 0.335 e. The normalized spacial score (nSPS) is 12.3. The highest BCUT2D eigenvalue weighted by atomic mass is 16.4. The Hall–Kier alpha value is -2.08. The Bertz CT molecular complexity index is 501. The molecule has 1 atom stereocenters. The number of carboxylic acids is 1. The van der Waals surface area contributed by atoms with E-state index in [0.717, 1.165) is 6.54 Å². The van der Waals surface area contributed by atoms with Crippen LogP contribution in [0.1, 0.15) is 24.2 Å². The van der Waals surface area contributed by atoms with Gasteiger partial charge in [-0.05, 0) is 38.2 Å². The van der Waals surface area contributed by atoms with Crippen molar-refractivity contribution in [3.63, 3.8) is 0 Å². The van der Waals surface area contributed by atoms with Crippen molar-refractivity contribution in [1.29, 1.82) is 0 Å². The van der Waals surface area contributed by atoms with Gasteiger partial charge in [-0.15, -0.1) is 0 Å². The van der Waals surface area contributed by atoms with Gasteiger partial charge in [0.1, 0.15) is 0 Å². The summed E-state index contributed by atoms with van der Waals surface area (Å²) in [4.78, 5) is 24.9. The Morgan fingerprint density at radius 2 is 1.95 bits per heavy atom. The molecule has 0 aliphatic rings. The van der Waals surface area contributed by atoms with Crippen molar-refractivity contribution >= 4 is 17.7 Å². The van der Waals surface area contributed by atoms with E-state index in [0.29, 0.717) is 11.6 Å². The summed E-state index contributed by atoms with van der Waals surface area (Å²) in [7, 11) is 3.90. The van der Waals surface area contributed by atoms with E-state index in [9.17, 15) is 9.59 Å². The van der Waals surface area contributed by atoms with Crippen LogP contribution >= 0.6 is 0 Å². The van der Waals surface area contributed by atoms with E-state index < -0.39 is 5.97 Å². The number of urea groups is 1. The molecule has 1 rings (SSSR count). The Kier molecular flexibility index (Phi) is 6.17. The lowest BCUT2D eigenvalue weighted by atomic mass is 10.0. The van der Waals surface area contributed by atoms with Gasteiger partial charge in [0.05, 0.1) is 5.56 Å². The maximum Gasteiger partial charge on any atom is 0.335 e. The molecule has 0 aromatic heterocycles. The van der Waals surface area contributed by atoms with E-state index in [-0.39, 0.29) is 17.6 Å². The molecule has 0 radical (unpaired) electrons. The van der Waals surface area contributed by atoms with Gasteiger partial charge < -0.3 is 20.6 Å². The first-order valence-electron chi connectivity index (χ1n) is 6.85. The topological polar surface area (TPSA) is 81.7 Å². The molecule has 0 spiro atoms. The van der Waals surface area contributed by atoms with Crippen LogP contribution in [-0.2, 0) is 0 Å². The lowest BCUT2D eigenvalue weighted by molar-refractivity contribution is 0.0697. The van der Waals surface area contributed by atoms with Gasteiger partial charge in [0.25, 0.3) is 0 Å². The van der Waals surface area contributed by atoms with Crippen molar-refractivity contribution in [3.05, 3.63) is 29.8 Å². The minimum atomic E-state index is -1.02. The number of amides is 2. The van der Waals surface area contributed by atoms with Crippen LogP contribution in [0.25, 0.3) is 0 Å². The molecule has 3 N–H and O–H groups in total. The second-order valence-electron chi connectivity index (χ2n) is 5.60. The molecule has 0 fully saturated rings. The molecule has 1 aromatic rings. The fourth-order valence-electron chi connectivity index (χ4n) is 1.88. The van der Waals surface area contributed by atoms with Crippen LogP contribution < -0.4 is 10.6 Å². The standard InChI is InChI=1S/C15H23N3O3/c1-10(2)13(9-18(3)4)17-15(21)16-12-7-5-6-11(8-12)14(19)20/h5-8,10,13H,9H2,1-4H3,(H,19,20)(H2,16,17,21). The maximum absolute atomic E-state index is 12.0. The van der Waals surface area contributed by atoms with Crippen LogP contribution in [0, 0.1) is 5.92 Å². The molecule has 0 aliphatic carbocycles. The van der Waals surface area contributed by atoms with Crippen molar-refractivity contribution in [1.82, 2.24) is 10.2 Å². The van der Waals surface area contributed by atoms with Crippen molar-refractivity contribution in [2.75, 3.05) is 26.0 Å². The Labute approximate surface area is 125 Å². The zero-order chi connectivity index (χ0) is 16.0. The average molecular weight is 293 g/mol. The van der Waals surface area contributed by atoms with Gasteiger partial charge in [-0.25, -0.2) is 9.59 Å². The van der Waals surface area contributed by atoms with Crippen LogP contribution in [0.4, 0.5) is 10.5 Å². The Balaban J connectivity index is 2.67. The number of likely N-dealkylation sites (N-methyl/N-ethyl adjacent to an activating group) is 1. The summed E-state index contributed by atoms with van der Waals surface area (Å²) in [5.41, 5.74) is 0.598. The molecule has 116 valence electrons. The second kappa shape index (κ2) is 7.64. The summed E-state index contributed by atoms with van der Waals surface area (Å²) in [5, 5.41) is 14.5. The highest BCUT2D eigenvalue weighted by molar-refractivity contribution is 5.93. The SMILES string of the molecule is CC(C)C(CN(C)C)NC(=O)Nc1cccc(C(=O)O)c1. The molecule has 0 aliphatic heterocycles. The van der Waals surface area contributed by atoms with Crippen LogP contribution in [0.3, 0.4) is 0 Å². The zero-order valence-electron chi connectivity index (χ0n) is 12.9. The van der Waals surface area contributed by atoms with Crippen LogP contribution in [0.15, 0.2) is 24.3 Å². The van der Waals surface area contributed by atoms with Crippen molar-refractivity contribution < 1.29 is 14.7 Å². The van der Waals surface area contributed by atoms with E-state index in [4.69, 9.17) is 5.11 Å². The van der Waals surface area contributed by atoms with E-state index in [1.165, 1.54) is 12.1 Å². The number of nitrogens with zero attached hydrogens (tertiary/aromatic N) is 1. The quantitative estimate of drug-likeness (QED) is 0.750. The van der Waals surface area contributed by atoms with Crippen molar-refractivity contribution in [2.45, 2.75) is 19.9 Å². The number of anilines is 1. The minimum absolute atomic E-state index is 0.0163. The van der Waals surface area contributed by atoms with Gasteiger partial charge in [0, 0.05) is 18.3 Å². The predicted molar refractivity (Wildman–Crippen MR) is 82.7 cm³/mol. The molecule has 6 nitrogen and oxygen atoms in total. The number of hydrogen-bond acceptors (Lipinski definition) is 3. The third-order valence-corrected chi connectivity index (χ3v) is 3.05. The predicted octanol–water partition coefficient (Wildman–Crippen LogP) is 2.09. The van der Waals surface area contributed by atoms with E-state index >= 15 is 0 Å². The lowest BCUT2D eigenvalue weighted by Gasteiger charge is -2.25. The molecule has 0 bridgehead atoms. The number of hydrogen-bond donors (Lipinski definition) is 3. The van der Waals surface area contributed by atoms with Crippen LogP contribution in [0.2, 0.25) is 0 Å². The molecule has 2 amide bonds. The first kappa shape index (κ1) is 17.0. The molecular formula is C15H23N3O3. The summed E-state index contributed by atoms with van der Waals surface area (Å²) in [6.07, 6.45) is 0. The lowest BCUT2D eigenvalue weighted by Crippen LogP contribution is -2.46. The molecular weight excluding hydrogens is 270 g/mol. The summed E-state index contributed by atoms with van der Waals surface area (Å²) in [5.74, 6) is -0.727. The molecule has 1 unspecified atom stereocenters. The number of aromatic carboxylic acids is 1. The number of carbonyl (C=O) groups is 2. The number of carboxylic acid groups (broad SMARTS) is 1. The Morgan fingerprint density at radius 3 is 2.48 bits per heavy atom. The van der Waals surface area contributed by atoms with Gasteiger partial charge in [-0.1, -0.05) is 19.9 Å². The van der Waals surface area contributed by atoms with Gasteiger partial charge in [0.2, 0.25) is 0 Å². The second-order valence-corrected chi connectivity index (χ2v) is 5.60. The van der Waals surface area contributed by atoms with Crippen molar-refractivity contribution in [3.8, 4) is 0 Å². The van der Waals surface area contributed by atoms with Gasteiger partial charge in [-0.2, -0.15) is 0 Å².